The van der Waals surface area contributed by atoms with Gasteiger partial charge in [-0.3, -0.25) is 4.79 Å². The maximum Gasteiger partial charge on any atom is 0.146 e. The van der Waals surface area contributed by atoms with Crippen LogP contribution in [0.4, 0.5) is 5.82 Å². The summed E-state index contributed by atoms with van der Waals surface area (Å²) in [5, 5.41) is 0.847. The monoisotopic (exact) mass is 429 g/mol. The van der Waals surface area contributed by atoms with E-state index in [9.17, 15) is 4.79 Å². The minimum absolute atomic E-state index is 0.341. The molecule has 1 aliphatic heterocycles. The number of anilines is 1. The first-order valence-corrected chi connectivity index (χ1v) is 11.0. The standard InChI is InChI=1S/C24H27N7O/c1-30-21(17-3-6-24(7-4-17)8-12-31(13-9-24)11-2-14-32)19(18-5-10-26-15-27-18)20-22(25)28-16-29-23(20)30/h2-3,5,10-11,14-16H,4,6-9,12-13H2,1H3,(H2,25,28,29). The van der Waals surface area contributed by atoms with Crippen molar-refractivity contribution in [3.63, 3.8) is 0 Å². The number of rotatable bonds is 4. The summed E-state index contributed by atoms with van der Waals surface area (Å²) in [7, 11) is 2.04. The number of aryl methyl sites for hydroxylation is 1. The van der Waals surface area contributed by atoms with Crippen LogP contribution in [-0.2, 0) is 11.8 Å². The minimum atomic E-state index is 0.341. The van der Waals surface area contributed by atoms with Crippen LogP contribution in [0.25, 0.3) is 27.9 Å². The van der Waals surface area contributed by atoms with Crippen molar-refractivity contribution in [3.8, 4) is 11.3 Å². The molecule has 8 heteroatoms. The van der Waals surface area contributed by atoms with Crippen LogP contribution in [0.15, 0.2) is 43.3 Å². The number of carbonyl (C=O) groups excluding carboxylic acids is 1. The zero-order valence-corrected chi connectivity index (χ0v) is 18.2. The number of nitrogens with two attached hydrogens (primary N) is 1. The summed E-state index contributed by atoms with van der Waals surface area (Å²) >= 11 is 0. The molecule has 5 rings (SSSR count). The van der Waals surface area contributed by atoms with Crippen LogP contribution in [0.1, 0.15) is 37.8 Å². The average molecular weight is 430 g/mol. The molecule has 1 aliphatic carbocycles. The second-order valence-electron chi connectivity index (χ2n) is 8.78. The molecule has 164 valence electrons. The van der Waals surface area contributed by atoms with E-state index in [4.69, 9.17) is 5.73 Å². The highest BCUT2D eigenvalue weighted by atomic mass is 16.1. The molecular weight excluding hydrogens is 402 g/mol. The van der Waals surface area contributed by atoms with Crippen molar-refractivity contribution >= 4 is 28.7 Å². The molecule has 3 aromatic rings. The predicted octanol–water partition coefficient (Wildman–Crippen LogP) is 3.37. The van der Waals surface area contributed by atoms with Crippen LogP contribution >= 0.6 is 0 Å². The number of allylic oxidation sites excluding steroid dienone is 3. The molecule has 0 unspecified atom stereocenters. The smallest absolute Gasteiger partial charge is 0.146 e. The number of aromatic nitrogens is 5. The van der Waals surface area contributed by atoms with Crippen LogP contribution in [0, 0.1) is 5.41 Å². The van der Waals surface area contributed by atoms with Crippen LogP contribution in [-0.4, -0.2) is 48.8 Å². The van der Waals surface area contributed by atoms with Gasteiger partial charge in [0.15, 0.2) is 0 Å². The fourth-order valence-corrected chi connectivity index (χ4v) is 5.26. The lowest BCUT2D eigenvalue weighted by Gasteiger charge is -2.43. The first-order chi connectivity index (χ1) is 15.6. The summed E-state index contributed by atoms with van der Waals surface area (Å²) in [5.74, 6) is 0.467. The molecule has 0 aromatic carbocycles. The van der Waals surface area contributed by atoms with Crippen LogP contribution < -0.4 is 5.73 Å². The van der Waals surface area contributed by atoms with Crippen molar-refractivity contribution in [2.75, 3.05) is 18.8 Å². The molecule has 4 heterocycles. The SMILES string of the molecule is Cn1c(C2=CCC3(CC2)CCN(C=CC=O)CC3)c(-c2ccncn2)c2c(N)ncnc21. The van der Waals surface area contributed by atoms with Gasteiger partial charge in [0.1, 0.15) is 30.4 Å². The van der Waals surface area contributed by atoms with E-state index in [2.05, 4.69) is 35.5 Å². The highest BCUT2D eigenvalue weighted by Crippen LogP contribution is 2.48. The Morgan fingerprint density at radius 1 is 1.12 bits per heavy atom. The molecule has 1 spiro atoms. The normalized spacial score (nSPS) is 18.4. The highest BCUT2D eigenvalue weighted by Gasteiger charge is 2.36. The number of carbonyl (C=O) groups is 1. The molecule has 1 fully saturated rings. The van der Waals surface area contributed by atoms with E-state index in [-0.39, 0.29) is 0 Å². The summed E-state index contributed by atoms with van der Waals surface area (Å²) in [4.78, 5) is 30.2. The predicted molar refractivity (Wildman–Crippen MR) is 124 cm³/mol. The van der Waals surface area contributed by atoms with E-state index in [0.717, 1.165) is 79.5 Å². The van der Waals surface area contributed by atoms with Crippen LogP contribution in [0.5, 0.6) is 0 Å². The summed E-state index contributed by atoms with van der Waals surface area (Å²) in [6.45, 7) is 2.00. The zero-order valence-electron chi connectivity index (χ0n) is 18.2. The number of hydrogen-bond donors (Lipinski definition) is 1. The van der Waals surface area contributed by atoms with Gasteiger partial charge in [-0.05, 0) is 55.2 Å². The highest BCUT2D eigenvalue weighted by molar-refractivity contribution is 6.05. The van der Waals surface area contributed by atoms with E-state index in [1.165, 1.54) is 11.9 Å². The van der Waals surface area contributed by atoms with Gasteiger partial charge in [0.05, 0.1) is 16.8 Å². The molecule has 2 N–H and O–H groups in total. The zero-order chi connectivity index (χ0) is 22.1. The van der Waals surface area contributed by atoms with Crippen molar-refractivity contribution in [2.24, 2.45) is 12.5 Å². The summed E-state index contributed by atoms with van der Waals surface area (Å²) in [5.41, 5.74) is 11.7. The number of aldehydes is 1. The fourth-order valence-electron chi connectivity index (χ4n) is 5.26. The summed E-state index contributed by atoms with van der Waals surface area (Å²) in [6.07, 6.45) is 17.1. The van der Waals surface area contributed by atoms with Gasteiger partial charge >= 0.3 is 0 Å². The largest absolute Gasteiger partial charge is 0.383 e. The Hall–Kier alpha value is -3.55. The Morgan fingerprint density at radius 2 is 1.97 bits per heavy atom. The lowest BCUT2D eigenvalue weighted by Crippen LogP contribution is -2.38. The molecule has 32 heavy (non-hydrogen) atoms. The lowest BCUT2D eigenvalue weighted by molar-refractivity contribution is -0.104. The number of nitrogens with zero attached hydrogens (tertiary/aromatic N) is 6. The minimum Gasteiger partial charge on any atom is -0.383 e. The lowest BCUT2D eigenvalue weighted by atomic mass is 9.68. The Labute approximate surface area is 186 Å². The number of nitrogen functional groups attached to an aromatic ring is 1. The molecule has 3 aromatic heterocycles. The second kappa shape index (κ2) is 8.18. The molecular formula is C24H27N7O. The van der Waals surface area contributed by atoms with Gasteiger partial charge in [0.25, 0.3) is 0 Å². The first-order valence-electron chi connectivity index (χ1n) is 11.0. The van der Waals surface area contributed by atoms with E-state index in [1.807, 2.05) is 19.3 Å². The summed E-state index contributed by atoms with van der Waals surface area (Å²) in [6, 6.07) is 1.91. The molecule has 0 saturated carbocycles. The average Bonchev–Trinajstić information content (AvgIpc) is 3.14. The van der Waals surface area contributed by atoms with Crippen LogP contribution in [0.2, 0.25) is 0 Å². The topological polar surface area (TPSA) is 103 Å². The second-order valence-corrected chi connectivity index (χ2v) is 8.78. The van der Waals surface area contributed by atoms with Gasteiger partial charge in [-0.15, -0.1) is 0 Å². The molecule has 1 saturated heterocycles. The maximum absolute atomic E-state index is 10.6. The third kappa shape index (κ3) is 3.45. The number of piperidine rings is 1. The van der Waals surface area contributed by atoms with Crippen molar-refractivity contribution in [1.29, 1.82) is 0 Å². The third-order valence-electron chi connectivity index (χ3n) is 7.08. The van der Waals surface area contributed by atoms with Crippen molar-refractivity contribution in [3.05, 3.63) is 49.0 Å². The molecule has 2 aliphatic rings. The van der Waals surface area contributed by atoms with Gasteiger partial charge in [-0.25, -0.2) is 19.9 Å². The van der Waals surface area contributed by atoms with E-state index in [0.29, 0.717) is 11.2 Å². The quantitative estimate of drug-likeness (QED) is 0.501. The Bertz CT molecular complexity index is 1200. The van der Waals surface area contributed by atoms with E-state index < -0.39 is 0 Å². The van der Waals surface area contributed by atoms with Gasteiger partial charge in [-0.2, -0.15) is 0 Å². The van der Waals surface area contributed by atoms with Gasteiger partial charge < -0.3 is 15.2 Å². The van der Waals surface area contributed by atoms with E-state index in [1.54, 1.807) is 18.6 Å². The van der Waals surface area contributed by atoms with Crippen molar-refractivity contribution in [2.45, 2.75) is 32.1 Å². The Morgan fingerprint density at radius 3 is 2.66 bits per heavy atom. The third-order valence-corrected chi connectivity index (χ3v) is 7.08. The Balaban J connectivity index is 1.51. The van der Waals surface area contributed by atoms with Gasteiger partial charge in [-0.1, -0.05) is 6.08 Å². The molecule has 0 amide bonds. The van der Waals surface area contributed by atoms with Crippen molar-refractivity contribution < 1.29 is 4.79 Å². The molecule has 8 nitrogen and oxygen atoms in total. The Kier molecular flexibility index (Phi) is 5.20. The maximum atomic E-state index is 10.6. The number of hydrogen-bond acceptors (Lipinski definition) is 7. The molecule has 0 atom stereocenters. The number of fused-ring (bicyclic) bond motifs is 1. The van der Waals surface area contributed by atoms with Crippen molar-refractivity contribution in [1.82, 2.24) is 29.4 Å². The summed E-state index contributed by atoms with van der Waals surface area (Å²) < 4.78 is 2.13. The van der Waals surface area contributed by atoms with Gasteiger partial charge in [0.2, 0.25) is 0 Å². The first kappa shape index (κ1) is 20.4. The number of likely N-dealkylation sites (tertiary alicyclic amines) is 1. The molecule has 0 bridgehead atoms. The fraction of sp³-hybridized carbons (Fsp3) is 0.375. The van der Waals surface area contributed by atoms with Gasteiger partial charge in [0, 0.05) is 38.1 Å². The van der Waals surface area contributed by atoms with Crippen LogP contribution in [0.3, 0.4) is 0 Å². The molecule has 0 radical (unpaired) electrons. The van der Waals surface area contributed by atoms with E-state index >= 15 is 0 Å².